The first-order valence-corrected chi connectivity index (χ1v) is 13.1. The van der Waals surface area contributed by atoms with E-state index in [2.05, 4.69) is 4.98 Å². The lowest BCUT2D eigenvalue weighted by Crippen LogP contribution is -2.29. The summed E-state index contributed by atoms with van der Waals surface area (Å²) < 4.78 is 19.2. The van der Waals surface area contributed by atoms with Crippen molar-refractivity contribution in [2.45, 2.75) is 45.4 Å². The van der Waals surface area contributed by atoms with Crippen LogP contribution in [0, 0.1) is 12.7 Å². The number of halogens is 1. The van der Waals surface area contributed by atoms with E-state index in [1.165, 1.54) is 23.5 Å². The van der Waals surface area contributed by atoms with Crippen molar-refractivity contribution in [3.63, 3.8) is 0 Å². The van der Waals surface area contributed by atoms with Crippen LogP contribution in [0.4, 0.5) is 4.39 Å². The third kappa shape index (κ3) is 6.22. The molecule has 196 valence electrons. The third-order valence-corrected chi connectivity index (χ3v) is 7.09. The minimum Gasteiger partial charge on any atom is -0.479 e. The molecular formula is C30H29FN2O4S. The molecule has 6 nitrogen and oxygen atoms in total. The normalized spacial score (nSPS) is 12.9. The summed E-state index contributed by atoms with van der Waals surface area (Å²) in [5.74, 6) is -1.81. The number of hydrogen-bond donors (Lipinski definition) is 2. The van der Waals surface area contributed by atoms with Crippen molar-refractivity contribution in [3.8, 4) is 21.7 Å². The monoisotopic (exact) mass is 532 g/mol. The number of aliphatic carboxylic acids is 1. The van der Waals surface area contributed by atoms with Crippen LogP contribution in [0.2, 0.25) is 0 Å². The molecule has 0 amide bonds. The predicted octanol–water partition coefficient (Wildman–Crippen LogP) is 6.23. The Morgan fingerprint density at radius 2 is 1.71 bits per heavy atom. The fourth-order valence-corrected chi connectivity index (χ4v) is 5.17. The van der Waals surface area contributed by atoms with Crippen molar-refractivity contribution in [1.82, 2.24) is 4.98 Å². The van der Waals surface area contributed by atoms with E-state index in [9.17, 15) is 19.1 Å². The molecule has 0 aliphatic heterocycles. The molecule has 38 heavy (non-hydrogen) atoms. The van der Waals surface area contributed by atoms with Gasteiger partial charge in [-0.15, -0.1) is 11.3 Å². The highest BCUT2D eigenvalue weighted by Gasteiger charge is 2.27. The number of aromatic nitrogens is 1. The number of aryl methyl sites for hydroxylation is 1. The van der Waals surface area contributed by atoms with Gasteiger partial charge in [0, 0.05) is 16.9 Å². The Bertz CT molecular complexity index is 1430. The van der Waals surface area contributed by atoms with Crippen LogP contribution < -0.4 is 5.73 Å². The van der Waals surface area contributed by atoms with Crippen molar-refractivity contribution < 1.29 is 23.8 Å². The van der Waals surface area contributed by atoms with E-state index in [0.29, 0.717) is 27.9 Å². The molecule has 0 saturated heterocycles. The summed E-state index contributed by atoms with van der Waals surface area (Å²) >= 11 is 1.42. The number of rotatable bonds is 10. The number of hydrogen-bond acceptors (Lipinski definition) is 6. The van der Waals surface area contributed by atoms with Crippen LogP contribution >= 0.6 is 11.3 Å². The molecule has 1 heterocycles. The fourth-order valence-electron chi connectivity index (χ4n) is 4.24. The van der Waals surface area contributed by atoms with Gasteiger partial charge >= 0.3 is 5.97 Å². The highest BCUT2D eigenvalue weighted by atomic mass is 32.1. The van der Waals surface area contributed by atoms with Gasteiger partial charge in [-0.1, -0.05) is 60.7 Å². The van der Waals surface area contributed by atoms with Crippen molar-refractivity contribution in [2.24, 2.45) is 5.73 Å². The van der Waals surface area contributed by atoms with Gasteiger partial charge in [0.05, 0.1) is 12.1 Å². The molecule has 0 spiro atoms. The zero-order valence-electron chi connectivity index (χ0n) is 21.4. The number of carbonyl (C=O) groups is 2. The molecule has 2 atom stereocenters. The number of carboxylic acids is 1. The number of thiazole rings is 1. The van der Waals surface area contributed by atoms with Gasteiger partial charge in [0.2, 0.25) is 5.78 Å². The molecule has 4 aromatic rings. The van der Waals surface area contributed by atoms with E-state index in [0.717, 1.165) is 15.4 Å². The molecule has 4 rings (SSSR count). The van der Waals surface area contributed by atoms with Crippen LogP contribution in [-0.2, 0) is 16.0 Å². The molecule has 0 aliphatic carbocycles. The topological polar surface area (TPSA) is 103 Å². The molecule has 8 heteroatoms. The second-order valence-electron chi connectivity index (χ2n) is 9.28. The van der Waals surface area contributed by atoms with E-state index in [1.807, 2.05) is 37.3 Å². The molecule has 0 aliphatic rings. The van der Waals surface area contributed by atoms with Crippen LogP contribution in [0.15, 0.2) is 72.8 Å². The first-order valence-electron chi connectivity index (χ1n) is 12.2. The zero-order chi connectivity index (χ0) is 27.4. The first kappa shape index (κ1) is 27.3. The van der Waals surface area contributed by atoms with Crippen LogP contribution in [0.5, 0.6) is 0 Å². The Morgan fingerprint density at radius 1 is 1.03 bits per heavy atom. The van der Waals surface area contributed by atoms with Crippen molar-refractivity contribution in [1.29, 1.82) is 0 Å². The van der Waals surface area contributed by atoms with Crippen molar-refractivity contribution in [3.05, 3.63) is 100 Å². The Balaban J connectivity index is 1.74. The number of nitrogens with two attached hydrogens (primary N) is 1. The maximum absolute atomic E-state index is 13.7. The number of ketones is 1. The van der Waals surface area contributed by atoms with Gasteiger partial charge in [-0.25, -0.2) is 14.2 Å². The van der Waals surface area contributed by atoms with Gasteiger partial charge in [0.15, 0.2) is 6.10 Å². The van der Waals surface area contributed by atoms with Crippen LogP contribution in [0.1, 0.15) is 46.4 Å². The average molecular weight is 533 g/mol. The highest BCUT2D eigenvalue weighted by Crippen LogP contribution is 2.34. The Morgan fingerprint density at radius 3 is 2.34 bits per heavy atom. The lowest BCUT2D eigenvalue weighted by molar-refractivity contribution is -0.153. The molecule has 3 aromatic carbocycles. The van der Waals surface area contributed by atoms with Gasteiger partial charge in [-0.2, -0.15) is 0 Å². The molecule has 0 radical (unpaired) electrons. The molecule has 1 aromatic heterocycles. The van der Waals surface area contributed by atoms with Crippen LogP contribution in [-0.4, -0.2) is 34.1 Å². The number of carbonyl (C=O) groups excluding carboxylic acids is 1. The van der Waals surface area contributed by atoms with Crippen LogP contribution in [0.3, 0.4) is 0 Å². The summed E-state index contributed by atoms with van der Waals surface area (Å²) in [6, 6.07) is 19.7. The summed E-state index contributed by atoms with van der Waals surface area (Å²) in [5, 5.41) is 10.4. The average Bonchev–Trinajstić information content (AvgIpc) is 3.29. The maximum Gasteiger partial charge on any atom is 0.333 e. The maximum atomic E-state index is 13.7. The molecule has 3 N–H and O–H groups in total. The highest BCUT2D eigenvalue weighted by molar-refractivity contribution is 7.15. The molecule has 0 fully saturated rings. The molecule has 0 saturated carbocycles. The quantitative estimate of drug-likeness (QED) is 0.235. The summed E-state index contributed by atoms with van der Waals surface area (Å²) in [7, 11) is 0. The van der Waals surface area contributed by atoms with E-state index >= 15 is 0 Å². The van der Waals surface area contributed by atoms with Crippen molar-refractivity contribution in [2.75, 3.05) is 0 Å². The fraction of sp³-hybridized carbons (Fsp3) is 0.233. The van der Waals surface area contributed by atoms with Gasteiger partial charge in [0.1, 0.15) is 16.5 Å². The SMILES string of the molecule is Cc1sc(-c2ccccc2)nc1C(=O)C(N)c1cc(CC(OC(C)C)C(=O)O)ccc1-c1ccc(F)cc1. The minimum atomic E-state index is -1.08. The molecular weight excluding hydrogens is 503 g/mol. The lowest BCUT2D eigenvalue weighted by Gasteiger charge is -2.20. The summed E-state index contributed by atoms with van der Waals surface area (Å²) in [5.41, 5.74) is 10.3. The lowest BCUT2D eigenvalue weighted by atomic mass is 9.89. The van der Waals surface area contributed by atoms with Gasteiger partial charge < -0.3 is 15.6 Å². The standard InChI is InChI=1S/C30H29FN2O4S/c1-17(2)37-25(30(35)36)16-19-9-14-23(20-10-12-22(31)13-11-20)24(15-19)26(32)28(34)27-18(3)38-29(33-27)21-7-5-4-6-8-21/h4-15,17,25-26H,16,32H2,1-3H3,(H,35,36). The second kappa shape index (κ2) is 11.8. The summed E-state index contributed by atoms with van der Waals surface area (Å²) in [4.78, 5) is 30.8. The van der Waals surface area contributed by atoms with Gasteiger partial charge in [0.25, 0.3) is 0 Å². The van der Waals surface area contributed by atoms with E-state index in [1.54, 1.807) is 44.2 Å². The van der Waals surface area contributed by atoms with Crippen molar-refractivity contribution >= 4 is 23.1 Å². The Labute approximate surface area is 224 Å². The van der Waals surface area contributed by atoms with E-state index < -0.39 is 18.1 Å². The summed E-state index contributed by atoms with van der Waals surface area (Å²) in [6.45, 7) is 5.38. The zero-order valence-corrected chi connectivity index (χ0v) is 22.2. The Hall–Kier alpha value is -3.72. The third-order valence-electron chi connectivity index (χ3n) is 6.07. The van der Waals surface area contributed by atoms with E-state index in [4.69, 9.17) is 10.5 Å². The number of Topliss-reactive ketones (excluding diaryl/α,β-unsaturated/α-hetero) is 1. The first-order chi connectivity index (χ1) is 18.1. The van der Waals surface area contributed by atoms with Gasteiger partial charge in [-0.05, 0) is 55.2 Å². The number of nitrogens with zero attached hydrogens (tertiary/aromatic N) is 1. The number of carboxylic acid groups (broad SMARTS) is 1. The Kier molecular flexibility index (Phi) is 8.46. The number of ether oxygens (including phenoxy) is 1. The second-order valence-corrected chi connectivity index (χ2v) is 10.5. The van der Waals surface area contributed by atoms with Crippen LogP contribution in [0.25, 0.3) is 21.7 Å². The summed E-state index contributed by atoms with van der Waals surface area (Å²) in [6.07, 6.45) is -1.23. The van der Waals surface area contributed by atoms with Gasteiger partial charge in [-0.3, -0.25) is 4.79 Å². The minimum absolute atomic E-state index is 0.0962. The van der Waals surface area contributed by atoms with E-state index in [-0.39, 0.29) is 24.1 Å². The number of benzene rings is 3. The predicted molar refractivity (Wildman–Crippen MR) is 147 cm³/mol. The molecule has 0 bridgehead atoms. The largest absolute Gasteiger partial charge is 0.479 e. The molecule has 2 unspecified atom stereocenters. The smallest absolute Gasteiger partial charge is 0.333 e.